The minimum absolute atomic E-state index is 0.194. The van der Waals surface area contributed by atoms with Gasteiger partial charge in [-0.2, -0.15) is 0 Å². The molecule has 0 amide bonds. The molecule has 0 aliphatic heterocycles. The molecular weight excluding hydrogens is 352 g/mol. The predicted molar refractivity (Wildman–Crippen MR) is 107 cm³/mol. The molecule has 1 aromatic heterocycles. The average Bonchev–Trinajstić information content (AvgIpc) is 3.23. The number of carbonyl (C=O) groups is 1. The molecule has 5 nitrogen and oxygen atoms in total. The summed E-state index contributed by atoms with van der Waals surface area (Å²) in [6, 6.07) is 13.9. The SMILES string of the molecule is COCc1c(OC(Cc2ncc[nH]2)c2ccccc2)ccc2c1CCCC2=O. The highest BCUT2D eigenvalue weighted by Crippen LogP contribution is 2.35. The lowest BCUT2D eigenvalue weighted by Crippen LogP contribution is -2.17. The summed E-state index contributed by atoms with van der Waals surface area (Å²) in [6.45, 7) is 0.425. The number of Topliss-reactive ketones (excluding diaryl/α,β-unsaturated/α-hetero) is 1. The van der Waals surface area contributed by atoms with E-state index in [2.05, 4.69) is 22.1 Å². The van der Waals surface area contributed by atoms with Crippen molar-refractivity contribution in [2.45, 2.75) is 38.4 Å². The molecule has 1 atom stereocenters. The summed E-state index contributed by atoms with van der Waals surface area (Å²) in [5, 5.41) is 0. The normalized spacial score (nSPS) is 14.5. The first-order chi connectivity index (χ1) is 13.8. The molecule has 0 bridgehead atoms. The maximum atomic E-state index is 12.3. The second-order valence-corrected chi connectivity index (χ2v) is 7.04. The molecule has 0 fully saturated rings. The Morgan fingerprint density at radius 2 is 2.00 bits per heavy atom. The van der Waals surface area contributed by atoms with Gasteiger partial charge in [-0.05, 0) is 36.1 Å². The highest BCUT2D eigenvalue weighted by molar-refractivity contribution is 5.99. The minimum Gasteiger partial charge on any atom is -0.485 e. The van der Waals surface area contributed by atoms with E-state index in [-0.39, 0.29) is 11.9 Å². The van der Waals surface area contributed by atoms with E-state index in [9.17, 15) is 4.79 Å². The van der Waals surface area contributed by atoms with Gasteiger partial charge in [0.15, 0.2) is 5.78 Å². The molecule has 1 heterocycles. The van der Waals surface area contributed by atoms with Crippen molar-refractivity contribution in [1.29, 1.82) is 0 Å². The lowest BCUT2D eigenvalue weighted by Gasteiger charge is -2.25. The van der Waals surface area contributed by atoms with Crippen LogP contribution in [0.25, 0.3) is 0 Å². The zero-order valence-corrected chi connectivity index (χ0v) is 16.0. The molecule has 144 valence electrons. The third-order valence-electron chi connectivity index (χ3n) is 5.18. The highest BCUT2D eigenvalue weighted by atomic mass is 16.5. The quantitative estimate of drug-likeness (QED) is 0.662. The number of ketones is 1. The van der Waals surface area contributed by atoms with Crippen LogP contribution in [0.5, 0.6) is 5.75 Å². The van der Waals surface area contributed by atoms with Crippen LogP contribution in [-0.2, 0) is 24.2 Å². The number of aromatic nitrogens is 2. The van der Waals surface area contributed by atoms with E-state index in [4.69, 9.17) is 9.47 Å². The van der Waals surface area contributed by atoms with E-state index in [0.717, 1.165) is 46.7 Å². The number of methoxy groups -OCH3 is 1. The molecule has 4 rings (SSSR count). The number of H-pyrrole nitrogens is 1. The Hall–Kier alpha value is -2.92. The third kappa shape index (κ3) is 3.85. The van der Waals surface area contributed by atoms with Gasteiger partial charge >= 0.3 is 0 Å². The number of imidazole rings is 1. The van der Waals surface area contributed by atoms with Gasteiger partial charge in [-0.25, -0.2) is 4.98 Å². The number of nitrogens with zero attached hydrogens (tertiary/aromatic N) is 1. The number of rotatable bonds is 7. The van der Waals surface area contributed by atoms with Crippen LogP contribution in [0, 0.1) is 0 Å². The highest BCUT2D eigenvalue weighted by Gasteiger charge is 2.24. The van der Waals surface area contributed by atoms with E-state index in [1.54, 1.807) is 13.3 Å². The van der Waals surface area contributed by atoms with Crippen LogP contribution in [0.15, 0.2) is 54.9 Å². The molecule has 1 unspecified atom stereocenters. The summed E-state index contributed by atoms with van der Waals surface area (Å²) in [6.07, 6.45) is 6.37. The molecule has 1 aliphatic rings. The fourth-order valence-electron chi connectivity index (χ4n) is 3.83. The van der Waals surface area contributed by atoms with Gasteiger partial charge in [0.25, 0.3) is 0 Å². The van der Waals surface area contributed by atoms with Gasteiger partial charge in [0.1, 0.15) is 17.7 Å². The van der Waals surface area contributed by atoms with Crippen LogP contribution < -0.4 is 4.74 Å². The number of benzene rings is 2. The van der Waals surface area contributed by atoms with Gasteiger partial charge in [-0.15, -0.1) is 0 Å². The van der Waals surface area contributed by atoms with Crippen molar-refractivity contribution >= 4 is 5.78 Å². The molecule has 3 aromatic rings. The molecule has 2 aromatic carbocycles. The Kier molecular flexibility index (Phi) is 5.53. The van der Waals surface area contributed by atoms with Crippen LogP contribution in [0.3, 0.4) is 0 Å². The van der Waals surface area contributed by atoms with Crippen LogP contribution >= 0.6 is 0 Å². The van der Waals surface area contributed by atoms with E-state index >= 15 is 0 Å². The van der Waals surface area contributed by atoms with Crippen LogP contribution in [-0.4, -0.2) is 22.9 Å². The monoisotopic (exact) mass is 376 g/mol. The predicted octanol–water partition coefficient (Wildman–Crippen LogP) is 4.44. The smallest absolute Gasteiger partial charge is 0.163 e. The van der Waals surface area contributed by atoms with Gasteiger partial charge in [0.2, 0.25) is 0 Å². The fraction of sp³-hybridized carbons (Fsp3) is 0.304. The third-order valence-corrected chi connectivity index (χ3v) is 5.18. The number of carbonyl (C=O) groups excluding carboxylic acids is 1. The molecule has 0 saturated carbocycles. The summed E-state index contributed by atoms with van der Waals surface area (Å²) in [5.74, 6) is 1.85. The van der Waals surface area contributed by atoms with Crippen LogP contribution in [0.4, 0.5) is 0 Å². The Bertz CT molecular complexity index is 936. The number of hydrogen-bond acceptors (Lipinski definition) is 4. The van der Waals surface area contributed by atoms with Gasteiger partial charge in [-0.3, -0.25) is 4.79 Å². The number of hydrogen-bond donors (Lipinski definition) is 1. The number of fused-ring (bicyclic) bond motifs is 1. The molecule has 0 radical (unpaired) electrons. The average molecular weight is 376 g/mol. The van der Waals surface area contributed by atoms with Crippen molar-refractivity contribution in [3.63, 3.8) is 0 Å². The maximum Gasteiger partial charge on any atom is 0.163 e. The summed E-state index contributed by atoms with van der Waals surface area (Å²) in [7, 11) is 1.67. The minimum atomic E-state index is -0.194. The van der Waals surface area contributed by atoms with Crippen molar-refractivity contribution < 1.29 is 14.3 Å². The number of aromatic amines is 1. The number of nitrogens with one attached hydrogen (secondary N) is 1. The van der Waals surface area contributed by atoms with E-state index in [1.807, 2.05) is 36.5 Å². The molecule has 28 heavy (non-hydrogen) atoms. The van der Waals surface area contributed by atoms with Gasteiger partial charge in [0.05, 0.1) is 6.61 Å². The van der Waals surface area contributed by atoms with Gasteiger partial charge in [0, 0.05) is 43.5 Å². The summed E-state index contributed by atoms with van der Waals surface area (Å²) < 4.78 is 12.0. The first-order valence-corrected chi connectivity index (χ1v) is 9.63. The molecule has 1 N–H and O–H groups in total. The standard InChI is InChI=1S/C23H24N2O3/c1-27-15-19-17-8-5-9-20(26)18(17)10-11-21(19)28-22(14-23-24-12-13-25-23)16-6-3-2-4-7-16/h2-4,6-7,10-13,22H,5,8-9,14-15H2,1H3,(H,24,25). The largest absolute Gasteiger partial charge is 0.485 e. The summed E-state index contributed by atoms with van der Waals surface area (Å²) in [4.78, 5) is 19.8. The zero-order valence-electron chi connectivity index (χ0n) is 16.0. The Morgan fingerprint density at radius 1 is 1.14 bits per heavy atom. The lowest BCUT2D eigenvalue weighted by molar-refractivity contribution is 0.0971. The maximum absolute atomic E-state index is 12.3. The summed E-state index contributed by atoms with van der Waals surface area (Å²) >= 11 is 0. The van der Waals surface area contributed by atoms with E-state index in [0.29, 0.717) is 19.4 Å². The summed E-state index contributed by atoms with van der Waals surface area (Å²) in [5.41, 5.74) is 3.94. The van der Waals surface area contributed by atoms with Crippen molar-refractivity contribution in [3.8, 4) is 5.75 Å². The number of ether oxygens (including phenoxy) is 2. The van der Waals surface area contributed by atoms with E-state index in [1.165, 1.54) is 0 Å². The first-order valence-electron chi connectivity index (χ1n) is 9.63. The van der Waals surface area contributed by atoms with Crippen molar-refractivity contribution in [2.75, 3.05) is 7.11 Å². The second-order valence-electron chi connectivity index (χ2n) is 7.04. The Balaban J connectivity index is 1.70. The Morgan fingerprint density at radius 3 is 2.75 bits per heavy atom. The molecule has 0 saturated heterocycles. The van der Waals surface area contributed by atoms with Gasteiger partial charge in [-0.1, -0.05) is 30.3 Å². The Labute approximate surface area is 164 Å². The molecular formula is C23H24N2O3. The van der Waals surface area contributed by atoms with Crippen molar-refractivity contribution in [1.82, 2.24) is 9.97 Å². The topological polar surface area (TPSA) is 64.2 Å². The van der Waals surface area contributed by atoms with Crippen LogP contribution in [0.2, 0.25) is 0 Å². The fourth-order valence-corrected chi connectivity index (χ4v) is 3.83. The van der Waals surface area contributed by atoms with E-state index < -0.39 is 0 Å². The first kappa shape index (κ1) is 18.4. The zero-order chi connectivity index (χ0) is 19.3. The molecule has 0 spiro atoms. The van der Waals surface area contributed by atoms with Crippen molar-refractivity contribution in [3.05, 3.63) is 82.9 Å². The molecule has 5 heteroatoms. The van der Waals surface area contributed by atoms with Crippen molar-refractivity contribution in [2.24, 2.45) is 0 Å². The molecule has 1 aliphatic carbocycles. The van der Waals surface area contributed by atoms with Gasteiger partial charge < -0.3 is 14.5 Å². The van der Waals surface area contributed by atoms with Crippen LogP contribution in [0.1, 0.15) is 51.8 Å². The lowest BCUT2D eigenvalue weighted by atomic mass is 9.87. The second kappa shape index (κ2) is 8.40.